The van der Waals surface area contributed by atoms with E-state index in [1.54, 1.807) is 37.4 Å². The van der Waals surface area contributed by atoms with E-state index in [-0.39, 0.29) is 5.91 Å². The van der Waals surface area contributed by atoms with Crippen LogP contribution in [0.25, 0.3) is 10.8 Å². The van der Waals surface area contributed by atoms with Gasteiger partial charge in [0, 0.05) is 25.9 Å². The summed E-state index contributed by atoms with van der Waals surface area (Å²) in [5.41, 5.74) is 1.67. The summed E-state index contributed by atoms with van der Waals surface area (Å²) in [6.45, 7) is 0.548. The zero-order chi connectivity index (χ0) is 16.2. The molecule has 0 spiro atoms. The summed E-state index contributed by atoms with van der Waals surface area (Å²) in [6.07, 6.45) is 1.54. The molecular formula is C19H18N2O2. The monoisotopic (exact) mass is 306 g/mol. The van der Waals surface area contributed by atoms with Crippen LogP contribution >= 0.6 is 0 Å². The van der Waals surface area contributed by atoms with Gasteiger partial charge in [0.1, 0.15) is 0 Å². The molecule has 0 saturated heterocycles. The Morgan fingerprint density at radius 1 is 1.09 bits per heavy atom. The van der Waals surface area contributed by atoms with Crippen LogP contribution in [-0.2, 0) is 6.54 Å². The molecule has 4 nitrogen and oxygen atoms in total. The Kier molecular flexibility index (Phi) is 4.24. The van der Waals surface area contributed by atoms with E-state index < -0.39 is 0 Å². The summed E-state index contributed by atoms with van der Waals surface area (Å²) in [5, 5.41) is 2.35. The SMILES string of the molecule is COc1ccc(C(=O)N(C)Cc2cccc3ccccc23)cn1. The van der Waals surface area contributed by atoms with Crippen LogP contribution in [0, 0.1) is 0 Å². The van der Waals surface area contributed by atoms with Crippen LogP contribution in [-0.4, -0.2) is 29.9 Å². The van der Waals surface area contributed by atoms with Crippen molar-refractivity contribution in [2.24, 2.45) is 0 Å². The molecule has 0 aliphatic carbocycles. The number of pyridine rings is 1. The number of methoxy groups -OCH3 is 1. The number of carbonyl (C=O) groups is 1. The molecule has 3 aromatic rings. The van der Waals surface area contributed by atoms with Gasteiger partial charge in [-0.2, -0.15) is 0 Å². The second-order valence-corrected chi connectivity index (χ2v) is 5.39. The second kappa shape index (κ2) is 6.48. The predicted molar refractivity (Wildman–Crippen MR) is 90.5 cm³/mol. The largest absolute Gasteiger partial charge is 0.481 e. The van der Waals surface area contributed by atoms with Crippen molar-refractivity contribution in [2.45, 2.75) is 6.54 Å². The zero-order valence-corrected chi connectivity index (χ0v) is 13.2. The first-order valence-corrected chi connectivity index (χ1v) is 7.41. The van der Waals surface area contributed by atoms with Crippen molar-refractivity contribution in [1.29, 1.82) is 0 Å². The predicted octanol–water partition coefficient (Wildman–Crippen LogP) is 3.52. The molecule has 23 heavy (non-hydrogen) atoms. The highest BCUT2D eigenvalue weighted by Crippen LogP contribution is 2.20. The van der Waals surface area contributed by atoms with Crippen LogP contribution in [0.5, 0.6) is 5.88 Å². The molecule has 1 heterocycles. The number of hydrogen-bond acceptors (Lipinski definition) is 3. The van der Waals surface area contributed by atoms with Gasteiger partial charge < -0.3 is 9.64 Å². The topological polar surface area (TPSA) is 42.4 Å². The first-order chi connectivity index (χ1) is 11.2. The van der Waals surface area contributed by atoms with Gasteiger partial charge in [0.15, 0.2) is 0 Å². The maximum absolute atomic E-state index is 12.5. The van der Waals surface area contributed by atoms with Crippen LogP contribution in [0.1, 0.15) is 15.9 Å². The summed E-state index contributed by atoms with van der Waals surface area (Å²) in [4.78, 5) is 18.3. The van der Waals surface area contributed by atoms with Crippen molar-refractivity contribution in [1.82, 2.24) is 9.88 Å². The van der Waals surface area contributed by atoms with Gasteiger partial charge in [-0.1, -0.05) is 42.5 Å². The summed E-state index contributed by atoms with van der Waals surface area (Å²) >= 11 is 0. The summed E-state index contributed by atoms with van der Waals surface area (Å²) in [5.74, 6) is 0.436. The molecule has 0 radical (unpaired) electrons. The van der Waals surface area contributed by atoms with E-state index in [9.17, 15) is 4.79 Å². The molecule has 1 amide bonds. The molecule has 4 heteroatoms. The van der Waals surface area contributed by atoms with E-state index >= 15 is 0 Å². The Morgan fingerprint density at radius 2 is 1.87 bits per heavy atom. The summed E-state index contributed by atoms with van der Waals surface area (Å²) in [6, 6.07) is 17.8. The lowest BCUT2D eigenvalue weighted by Crippen LogP contribution is -2.26. The van der Waals surface area contributed by atoms with E-state index in [1.165, 1.54) is 10.8 Å². The van der Waals surface area contributed by atoms with Gasteiger partial charge in [0.05, 0.1) is 12.7 Å². The number of nitrogens with zero attached hydrogens (tertiary/aromatic N) is 2. The maximum Gasteiger partial charge on any atom is 0.255 e. The molecule has 0 aliphatic heterocycles. The molecule has 2 aromatic carbocycles. The summed E-state index contributed by atoms with van der Waals surface area (Å²) in [7, 11) is 3.35. The number of hydrogen-bond donors (Lipinski definition) is 0. The van der Waals surface area contributed by atoms with Gasteiger partial charge in [-0.25, -0.2) is 4.98 Å². The standard InChI is InChI=1S/C19H18N2O2/c1-21(19(22)15-10-11-18(23-2)20-12-15)13-16-8-5-7-14-6-3-4-9-17(14)16/h3-12H,13H2,1-2H3. The van der Waals surface area contributed by atoms with Gasteiger partial charge in [-0.05, 0) is 22.4 Å². The third kappa shape index (κ3) is 3.16. The zero-order valence-electron chi connectivity index (χ0n) is 13.2. The van der Waals surface area contributed by atoms with Crippen molar-refractivity contribution in [3.63, 3.8) is 0 Å². The molecule has 0 fully saturated rings. The second-order valence-electron chi connectivity index (χ2n) is 5.39. The third-order valence-electron chi connectivity index (χ3n) is 3.83. The molecule has 116 valence electrons. The molecule has 3 rings (SSSR count). The lowest BCUT2D eigenvalue weighted by Gasteiger charge is -2.18. The number of rotatable bonds is 4. The van der Waals surface area contributed by atoms with Crippen molar-refractivity contribution in [2.75, 3.05) is 14.2 Å². The van der Waals surface area contributed by atoms with Crippen LogP contribution < -0.4 is 4.74 Å². The number of fused-ring (bicyclic) bond motifs is 1. The third-order valence-corrected chi connectivity index (χ3v) is 3.83. The molecule has 0 atom stereocenters. The van der Waals surface area contributed by atoms with E-state index in [2.05, 4.69) is 29.2 Å². The molecule has 0 unspecified atom stereocenters. The van der Waals surface area contributed by atoms with Crippen molar-refractivity contribution in [3.05, 3.63) is 71.9 Å². The minimum absolute atomic E-state index is 0.0620. The molecule has 0 N–H and O–H groups in total. The van der Waals surface area contributed by atoms with Crippen LogP contribution in [0.3, 0.4) is 0 Å². The average Bonchev–Trinajstić information content (AvgIpc) is 2.61. The lowest BCUT2D eigenvalue weighted by molar-refractivity contribution is 0.0785. The van der Waals surface area contributed by atoms with E-state index in [4.69, 9.17) is 4.74 Å². The van der Waals surface area contributed by atoms with Crippen molar-refractivity contribution in [3.8, 4) is 5.88 Å². The fourth-order valence-corrected chi connectivity index (χ4v) is 2.61. The first-order valence-electron chi connectivity index (χ1n) is 7.41. The Balaban J connectivity index is 1.82. The van der Waals surface area contributed by atoms with E-state index in [1.807, 2.05) is 18.2 Å². The molecule has 0 aliphatic rings. The Labute approximate surface area is 135 Å². The van der Waals surface area contributed by atoms with Gasteiger partial charge in [-0.15, -0.1) is 0 Å². The highest BCUT2D eigenvalue weighted by Gasteiger charge is 2.13. The Bertz CT molecular complexity index is 823. The molecule has 1 aromatic heterocycles. The average molecular weight is 306 g/mol. The fourth-order valence-electron chi connectivity index (χ4n) is 2.61. The minimum atomic E-state index is -0.0620. The highest BCUT2D eigenvalue weighted by atomic mass is 16.5. The Morgan fingerprint density at radius 3 is 2.61 bits per heavy atom. The van der Waals surface area contributed by atoms with Gasteiger partial charge >= 0.3 is 0 Å². The smallest absolute Gasteiger partial charge is 0.255 e. The first kappa shape index (κ1) is 15.0. The maximum atomic E-state index is 12.5. The normalized spacial score (nSPS) is 10.5. The van der Waals surface area contributed by atoms with E-state index in [0.717, 1.165) is 5.56 Å². The number of amides is 1. The molecule has 0 saturated carbocycles. The van der Waals surface area contributed by atoms with Gasteiger partial charge in [-0.3, -0.25) is 4.79 Å². The van der Waals surface area contributed by atoms with E-state index in [0.29, 0.717) is 18.0 Å². The van der Waals surface area contributed by atoms with Crippen molar-refractivity contribution < 1.29 is 9.53 Å². The molecular weight excluding hydrogens is 288 g/mol. The van der Waals surface area contributed by atoms with Crippen LogP contribution in [0.15, 0.2) is 60.8 Å². The van der Waals surface area contributed by atoms with Crippen LogP contribution in [0.2, 0.25) is 0 Å². The van der Waals surface area contributed by atoms with Crippen LogP contribution in [0.4, 0.5) is 0 Å². The molecule has 0 bridgehead atoms. The van der Waals surface area contributed by atoms with Gasteiger partial charge in [0.25, 0.3) is 5.91 Å². The van der Waals surface area contributed by atoms with Crippen molar-refractivity contribution >= 4 is 16.7 Å². The van der Waals surface area contributed by atoms with Gasteiger partial charge in [0.2, 0.25) is 5.88 Å². The fraction of sp³-hybridized carbons (Fsp3) is 0.158. The Hall–Kier alpha value is -2.88. The lowest BCUT2D eigenvalue weighted by atomic mass is 10.0. The minimum Gasteiger partial charge on any atom is -0.481 e. The number of aromatic nitrogens is 1. The quantitative estimate of drug-likeness (QED) is 0.740. The number of benzene rings is 2. The highest BCUT2D eigenvalue weighted by molar-refractivity contribution is 5.94. The number of ether oxygens (including phenoxy) is 1. The summed E-state index contributed by atoms with van der Waals surface area (Å²) < 4.78 is 5.02. The number of carbonyl (C=O) groups excluding carboxylic acids is 1.